The van der Waals surface area contributed by atoms with Gasteiger partial charge < -0.3 is 46.6 Å². The predicted molar refractivity (Wildman–Crippen MR) is 272 cm³/mol. The Morgan fingerprint density at radius 2 is 1.36 bits per heavy atom. The molecule has 0 bridgehead atoms. The van der Waals surface area contributed by atoms with Gasteiger partial charge in [0.05, 0.1) is 11.7 Å². The van der Waals surface area contributed by atoms with Crippen molar-refractivity contribution in [2.45, 2.75) is 159 Å². The van der Waals surface area contributed by atoms with Crippen molar-refractivity contribution in [2.24, 2.45) is 5.73 Å². The van der Waals surface area contributed by atoms with Crippen molar-refractivity contribution < 1.29 is 62.5 Å². The molecule has 0 spiro atoms. The average Bonchev–Trinajstić information content (AvgIpc) is 3.89. The van der Waals surface area contributed by atoms with Crippen molar-refractivity contribution in [3.05, 3.63) is 71.9 Å². The minimum atomic E-state index is -1.68. The van der Waals surface area contributed by atoms with E-state index in [0.717, 1.165) is 53.2 Å². The third-order valence-corrected chi connectivity index (χ3v) is 13.5. The fraction of sp³-hybridized carbons (Fsp3) is 0.538. The maximum atomic E-state index is 14.3. The van der Waals surface area contributed by atoms with E-state index in [0.29, 0.717) is 36.8 Å². The van der Waals surface area contributed by atoms with Gasteiger partial charge in [0.15, 0.2) is 0 Å². The summed E-state index contributed by atoms with van der Waals surface area (Å²) in [6.07, 6.45) is 5.61. The number of hydrogen-bond donors (Lipinski definition) is 7. The predicted octanol–water partition coefficient (Wildman–Crippen LogP) is 3.91. The van der Waals surface area contributed by atoms with Gasteiger partial charge in [-0.1, -0.05) is 108 Å². The Balaban J connectivity index is 1.45. The zero-order chi connectivity index (χ0) is 53.3. The molecule has 1 aromatic heterocycles. The summed E-state index contributed by atoms with van der Waals surface area (Å²) in [6, 6.07) is 10.4. The number of carboxylic acid groups (broad SMARTS) is 1. The molecule has 2 heterocycles. The number of unbranched alkanes of at least 4 members (excludes halogenated alkanes) is 5. The highest BCUT2D eigenvalue weighted by Gasteiger charge is 2.40. The molecular weight excluding hydrogens is 963 g/mol. The quantitative estimate of drug-likeness (QED) is 0.0254. The Morgan fingerprint density at radius 3 is 2.03 bits per heavy atom. The highest BCUT2D eigenvalue weighted by Crippen LogP contribution is 2.27. The number of aliphatic carboxylic acids is 1. The number of thioether (sulfide) groups is 1. The normalized spacial score (nSPS) is 15.4. The molecule has 1 fully saturated rings. The number of hydrogen-bond acceptors (Lipinski definition) is 13. The van der Waals surface area contributed by atoms with Crippen molar-refractivity contribution in [1.82, 2.24) is 31.2 Å². The molecule has 2 unspecified atom stereocenters. The van der Waals surface area contributed by atoms with Crippen molar-refractivity contribution >= 4 is 81.9 Å². The van der Waals surface area contributed by atoms with E-state index in [1.165, 1.54) is 0 Å². The van der Waals surface area contributed by atoms with E-state index in [4.69, 9.17) is 15.2 Å². The number of carboxylic acids is 1. The summed E-state index contributed by atoms with van der Waals surface area (Å²) in [6.45, 7) is 5.35. The number of imide groups is 1. The Kier molecular flexibility index (Phi) is 24.9. The molecule has 0 saturated carbocycles. The zero-order valence-corrected chi connectivity index (χ0v) is 42.8. The van der Waals surface area contributed by atoms with Crippen LogP contribution in [0.3, 0.4) is 0 Å². The molecule has 398 valence electrons. The molecule has 21 heteroatoms. The van der Waals surface area contributed by atoms with Gasteiger partial charge in [0.1, 0.15) is 36.9 Å². The van der Waals surface area contributed by atoms with Crippen LogP contribution in [0.1, 0.15) is 122 Å². The second-order valence-electron chi connectivity index (χ2n) is 18.1. The lowest BCUT2D eigenvalue weighted by molar-refractivity contribution is -0.157. The number of carbonyl (C=O) groups is 10. The van der Waals surface area contributed by atoms with Gasteiger partial charge in [0.2, 0.25) is 41.4 Å². The summed E-state index contributed by atoms with van der Waals surface area (Å²) in [5.74, 6) is -7.58. The molecule has 3 aromatic rings. The Morgan fingerprint density at radius 1 is 0.740 bits per heavy atom. The highest BCUT2D eigenvalue weighted by molar-refractivity contribution is 8.00. The monoisotopic (exact) mass is 1030 g/mol. The summed E-state index contributed by atoms with van der Waals surface area (Å²) >= 11 is 1.09. The number of aromatic amines is 1. The van der Waals surface area contributed by atoms with Gasteiger partial charge in [-0.3, -0.25) is 52.8 Å². The van der Waals surface area contributed by atoms with E-state index in [9.17, 15) is 53.1 Å². The van der Waals surface area contributed by atoms with Gasteiger partial charge >= 0.3 is 17.9 Å². The molecule has 73 heavy (non-hydrogen) atoms. The molecule has 4 rings (SSSR count). The number of para-hydroxylation sites is 1. The summed E-state index contributed by atoms with van der Waals surface area (Å²) in [5.41, 5.74) is 7.65. The number of rotatable bonds is 34. The van der Waals surface area contributed by atoms with E-state index in [-0.39, 0.29) is 63.9 Å². The number of H-pyrrole nitrogens is 1. The number of primary amides is 1. The summed E-state index contributed by atoms with van der Waals surface area (Å²) < 4.78 is 11.1. The van der Waals surface area contributed by atoms with Crippen LogP contribution in [-0.2, 0) is 70.3 Å². The maximum absolute atomic E-state index is 14.3. The number of amides is 7. The van der Waals surface area contributed by atoms with Gasteiger partial charge in [0.25, 0.3) is 0 Å². The van der Waals surface area contributed by atoms with Crippen LogP contribution in [0, 0.1) is 0 Å². The number of aromatic nitrogens is 1. The lowest BCUT2D eigenvalue weighted by atomic mass is 10.0. The molecular formula is C52H71N7O13S. The SMILES string of the molecule is CCCCCC(=O)OCC(CSC1CC(=O)N(CCC(=O)N[C@@H](Cc2c[nH]c3ccccc23)C(=O)N[C@@H](CCCC)C(=O)N[C@@H](CC(=O)O)C(=O)N[C@@H](Cc2ccccc2)C(N)=O)C1=O)OC(=O)CCCCC. The number of esters is 2. The van der Waals surface area contributed by atoms with Crippen molar-refractivity contribution in [3.63, 3.8) is 0 Å². The van der Waals surface area contributed by atoms with E-state index in [1.807, 2.05) is 39.0 Å². The van der Waals surface area contributed by atoms with E-state index in [2.05, 4.69) is 26.3 Å². The fourth-order valence-corrected chi connectivity index (χ4v) is 9.20. The van der Waals surface area contributed by atoms with Gasteiger partial charge in [-0.05, 0) is 36.5 Å². The number of likely N-dealkylation sites (tertiary alicyclic amines) is 1. The number of nitrogens with one attached hydrogen (secondary N) is 5. The first-order valence-electron chi connectivity index (χ1n) is 25.1. The van der Waals surface area contributed by atoms with Crippen molar-refractivity contribution in [2.75, 3.05) is 18.9 Å². The number of carbonyl (C=O) groups excluding carboxylic acids is 9. The largest absolute Gasteiger partial charge is 0.481 e. The molecule has 8 N–H and O–H groups in total. The third-order valence-electron chi connectivity index (χ3n) is 12.1. The van der Waals surface area contributed by atoms with Gasteiger partial charge in [-0.15, -0.1) is 11.8 Å². The minimum absolute atomic E-state index is 0.00133. The van der Waals surface area contributed by atoms with Gasteiger partial charge in [-0.25, -0.2) is 0 Å². The topological polar surface area (TPSA) is 303 Å². The number of nitrogens with two attached hydrogens (primary N) is 1. The van der Waals surface area contributed by atoms with E-state index < -0.39 is 101 Å². The Bertz CT molecular complexity index is 2360. The maximum Gasteiger partial charge on any atom is 0.306 e. The lowest BCUT2D eigenvalue weighted by Crippen LogP contribution is -2.58. The van der Waals surface area contributed by atoms with Gasteiger partial charge in [0, 0.05) is 67.9 Å². The fourth-order valence-electron chi connectivity index (χ4n) is 8.06. The van der Waals surface area contributed by atoms with Crippen LogP contribution in [0.5, 0.6) is 0 Å². The highest BCUT2D eigenvalue weighted by atomic mass is 32.2. The van der Waals surface area contributed by atoms with Gasteiger partial charge in [-0.2, -0.15) is 0 Å². The van der Waals surface area contributed by atoms with E-state index >= 15 is 0 Å². The Hall–Kier alpha value is -6.77. The third kappa shape index (κ3) is 20.0. The summed E-state index contributed by atoms with van der Waals surface area (Å²) in [7, 11) is 0. The molecule has 2 aromatic carbocycles. The zero-order valence-electron chi connectivity index (χ0n) is 42.0. The summed E-state index contributed by atoms with van der Waals surface area (Å²) in [4.78, 5) is 136. The molecule has 0 aliphatic carbocycles. The molecule has 1 aliphatic heterocycles. The van der Waals surface area contributed by atoms with Crippen molar-refractivity contribution in [1.29, 1.82) is 0 Å². The minimum Gasteiger partial charge on any atom is -0.481 e. The average molecular weight is 1030 g/mol. The second-order valence-corrected chi connectivity index (χ2v) is 19.3. The van der Waals surface area contributed by atoms with Crippen LogP contribution in [0.25, 0.3) is 10.9 Å². The molecule has 1 aliphatic rings. The molecule has 6 atom stereocenters. The molecule has 7 amide bonds. The molecule has 0 radical (unpaired) electrons. The number of nitrogens with zero attached hydrogens (tertiary/aromatic N) is 1. The first-order chi connectivity index (χ1) is 35.0. The van der Waals surface area contributed by atoms with Crippen LogP contribution in [0.15, 0.2) is 60.8 Å². The summed E-state index contributed by atoms with van der Waals surface area (Å²) in [5, 5.41) is 19.9. The van der Waals surface area contributed by atoms with Crippen LogP contribution in [0.2, 0.25) is 0 Å². The second kappa shape index (κ2) is 31.0. The number of benzene rings is 2. The molecule has 1 saturated heterocycles. The lowest BCUT2D eigenvalue weighted by Gasteiger charge is -2.26. The first-order valence-corrected chi connectivity index (χ1v) is 26.2. The first kappa shape index (κ1) is 58.8. The standard InChI is InChI=1S/C52H71N7O13S/c1-4-7-11-22-46(64)71-31-35(72-47(65)23-12-8-5-2)32-73-42-29-44(61)59(52(42)70)25-24-43(60)55-40(27-34-30-54-37-21-16-15-19-36(34)37)50(68)56-38(20-9-6-3)49(67)58-41(28-45(62)63)51(69)57-39(48(53)66)26-33-17-13-10-14-18-33/h10,13-19,21,30,35,38-42,54H,4-9,11-12,20,22-29,31-32H2,1-3H3,(H2,53,66)(H,55,60)(H,56,68)(H,57,69)(H,58,67)(H,62,63)/t35?,38-,39-,40-,41-,42?/m0/s1. The van der Waals surface area contributed by atoms with E-state index in [1.54, 1.807) is 42.6 Å². The van der Waals surface area contributed by atoms with Crippen LogP contribution < -0.4 is 27.0 Å². The molecule has 20 nitrogen and oxygen atoms in total. The van der Waals surface area contributed by atoms with Crippen molar-refractivity contribution in [3.8, 4) is 0 Å². The number of fused-ring (bicyclic) bond motifs is 1. The number of ether oxygens (including phenoxy) is 2. The van der Waals surface area contributed by atoms with Crippen LogP contribution in [0.4, 0.5) is 0 Å². The Labute approximate surface area is 429 Å². The van der Waals surface area contributed by atoms with Crippen LogP contribution >= 0.6 is 11.8 Å². The van der Waals surface area contributed by atoms with Crippen LogP contribution in [-0.4, -0.2) is 129 Å². The smallest absolute Gasteiger partial charge is 0.306 e.